The second-order valence-electron chi connectivity index (χ2n) is 4.77. The summed E-state index contributed by atoms with van der Waals surface area (Å²) in [4.78, 5) is 22.4. The van der Waals surface area contributed by atoms with Crippen molar-refractivity contribution in [3.63, 3.8) is 0 Å². The molecular weight excluding hydrogens is 302 g/mol. The van der Waals surface area contributed by atoms with Gasteiger partial charge in [-0.05, 0) is 24.6 Å². The molecule has 0 saturated carbocycles. The van der Waals surface area contributed by atoms with Gasteiger partial charge in [0, 0.05) is 12.7 Å². The molecule has 1 aromatic carbocycles. The smallest absolute Gasteiger partial charge is 0.325 e. The highest BCUT2D eigenvalue weighted by Gasteiger charge is 2.17. The predicted octanol–water partition coefficient (Wildman–Crippen LogP) is 0.502. The van der Waals surface area contributed by atoms with Crippen LogP contribution in [0.25, 0.3) is 0 Å². The number of nitrogens with zero attached hydrogens (tertiary/aromatic N) is 1. The van der Waals surface area contributed by atoms with E-state index in [2.05, 4.69) is 10.6 Å². The minimum absolute atomic E-state index is 0.187. The molecule has 1 amide bonds. The number of nitrogens with one attached hydrogen (secondary N) is 2. The van der Waals surface area contributed by atoms with Crippen LogP contribution in [0.2, 0.25) is 0 Å². The highest BCUT2D eigenvalue weighted by molar-refractivity contribution is 5.99. The molecule has 23 heavy (non-hydrogen) atoms. The molecule has 0 spiro atoms. The third-order valence-electron chi connectivity index (χ3n) is 3.07. The van der Waals surface area contributed by atoms with E-state index >= 15 is 0 Å². The molecule has 0 saturated heterocycles. The largest absolute Gasteiger partial charge is 0.480 e. The van der Waals surface area contributed by atoms with Crippen LogP contribution < -0.4 is 20.1 Å². The molecule has 1 heterocycles. The number of carbonyl (C=O) groups is 2. The maximum absolute atomic E-state index is 11.7. The molecule has 8 heteroatoms. The first-order valence-corrected chi connectivity index (χ1v) is 6.77. The molecule has 8 nitrogen and oxygen atoms in total. The van der Waals surface area contributed by atoms with Crippen molar-refractivity contribution in [1.82, 2.24) is 10.6 Å². The lowest BCUT2D eigenvalue weighted by Crippen LogP contribution is -2.39. The molecule has 1 unspecified atom stereocenters. The van der Waals surface area contributed by atoms with Crippen molar-refractivity contribution in [1.29, 1.82) is 5.26 Å². The van der Waals surface area contributed by atoms with Crippen molar-refractivity contribution in [3.8, 4) is 17.6 Å². The Morgan fingerprint density at radius 1 is 1.43 bits per heavy atom. The van der Waals surface area contributed by atoms with Crippen molar-refractivity contribution < 1.29 is 24.2 Å². The highest BCUT2D eigenvalue weighted by atomic mass is 16.7. The lowest BCUT2D eigenvalue weighted by molar-refractivity contribution is -0.140. The number of hydrogen-bond acceptors (Lipinski definition) is 6. The lowest BCUT2D eigenvalue weighted by atomic mass is 10.2. The van der Waals surface area contributed by atoms with Gasteiger partial charge < -0.3 is 25.2 Å². The Balaban J connectivity index is 1.93. The number of amides is 1. The molecule has 2 rings (SSSR count). The number of carboxylic acid groups (broad SMARTS) is 1. The van der Waals surface area contributed by atoms with Crippen LogP contribution in [0.4, 0.5) is 0 Å². The summed E-state index contributed by atoms with van der Waals surface area (Å²) in [5, 5.41) is 22.7. The van der Waals surface area contributed by atoms with Crippen molar-refractivity contribution in [2.75, 3.05) is 6.79 Å². The monoisotopic (exact) mass is 317 g/mol. The van der Waals surface area contributed by atoms with E-state index in [4.69, 9.17) is 19.8 Å². The average Bonchev–Trinajstić information content (AvgIpc) is 2.98. The standard InChI is InChI=1S/C15H15N3O5/c1-9(15(20)21)18-14(19)11(5-16)7-17-6-10-2-3-12-13(4-10)23-8-22-12/h2-4,7,9,17H,6,8H2,1H3,(H,18,19)(H,20,21)/b11-7-. The van der Waals surface area contributed by atoms with E-state index in [9.17, 15) is 9.59 Å². The number of rotatable bonds is 6. The molecule has 3 N–H and O–H groups in total. The number of fused-ring (bicyclic) bond motifs is 1. The zero-order chi connectivity index (χ0) is 16.8. The number of benzene rings is 1. The van der Waals surface area contributed by atoms with Crippen molar-refractivity contribution in [3.05, 3.63) is 35.5 Å². The summed E-state index contributed by atoms with van der Waals surface area (Å²) in [6.45, 7) is 1.87. The summed E-state index contributed by atoms with van der Waals surface area (Å²) in [5.74, 6) is -0.615. The molecule has 1 aliphatic rings. The number of carbonyl (C=O) groups excluding carboxylic acids is 1. The van der Waals surface area contributed by atoms with E-state index < -0.39 is 17.9 Å². The Kier molecular flexibility index (Phi) is 5.04. The third kappa shape index (κ3) is 4.14. The lowest BCUT2D eigenvalue weighted by Gasteiger charge is -2.08. The number of aliphatic carboxylic acids is 1. The van der Waals surface area contributed by atoms with Crippen LogP contribution in [0.15, 0.2) is 30.0 Å². The number of hydrogen-bond donors (Lipinski definition) is 3. The van der Waals surface area contributed by atoms with Crippen LogP contribution in [0.5, 0.6) is 11.5 Å². The molecule has 0 fully saturated rings. The fraction of sp³-hybridized carbons (Fsp3) is 0.267. The highest BCUT2D eigenvalue weighted by Crippen LogP contribution is 2.32. The first-order chi connectivity index (χ1) is 11.0. The molecule has 0 aliphatic carbocycles. The fourth-order valence-corrected chi connectivity index (χ4v) is 1.81. The van der Waals surface area contributed by atoms with Gasteiger partial charge in [-0.1, -0.05) is 6.07 Å². The number of ether oxygens (including phenoxy) is 2. The van der Waals surface area contributed by atoms with Gasteiger partial charge in [-0.15, -0.1) is 0 Å². The minimum Gasteiger partial charge on any atom is -0.480 e. The summed E-state index contributed by atoms with van der Waals surface area (Å²) in [6.07, 6.45) is 1.24. The van der Waals surface area contributed by atoms with Crippen LogP contribution in [0.3, 0.4) is 0 Å². The van der Waals surface area contributed by atoms with Crippen molar-refractivity contribution in [2.45, 2.75) is 19.5 Å². The second kappa shape index (κ2) is 7.17. The average molecular weight is 317 g/mol. The molecule has 1 atom stereocenters. The van der Waals surface area contributed by atoms with Crippen LogP contribution in [0.1, 0.15) is 12.5 Å². The van der Waals surface area contributed by atoms with E-state index in [1.807, 2.05) is 6.07 Å². The molecule has 0 aromatic heterocycles. The topological polar surface area (TPSA) is 121 Å². The predicted molar refractivity (Wildman–Crippen MR) is 78.3 cm³/mol. The second-order valence-corrected chi connectivity index (χ2v) is 4.77. The quantitative estimate of drug-likeness (QED) is 0.516. The summed E-state index contributed by atoms with van der Waals surface area (Å²) in [7, 11) is 0. The fourth-order valence-electron chi connectivity index (χ4n) is 1.81. The van der Waals surface area contributed by atoms with Crippen molar-refractivity contribution >= 4 is 11.9 Å². The van der Waals surface area contributed by atoms with Gasteiger partial charge in [0.05, 0.1) is 0 Å². The molecule has 1 aliphatic heterocycles. The molecule has 120 valence electrons. The van der Waals surface area contributed by atoms with Gasteiger partial charge in [-0.3, -0.25) is 9.59 Å². The Morgan fingerprint density at radius 2 is 2.17 bits per heavy atom. The first-order valence-electron chi connectivity index (χ1n) is 6.77. The minimum atomic E-state index is -1.18. The summed E-state index contributed by atoms with van der Waals surface area (Å²) < 4.78 is 10.5. The zero-order valence-electron chi connectivity index (χ0n) is 12.3. The van der Waals surface area contributed by atoms with Crippen LogP contribution in [0, 0.1) is 11.3 Å². The normalized spacial score (nSPS) is 13.8. The van der Waals surface area contributed by atoms with Gasteiger partial charge in [0.25, 0.3) is 5.91 Å². The van der Waals surface area contributed by atoms with Crippen LogP contribution in [-0.2, 0) is 16.1 Å². The Hall–Kier alpha value is -3.21. The maximum atomic E-state index is 11.7. The number of carboxylic acids is 1. The van der Waals surface area contributed by atoms with Gasteiger partial charge in [-0.2, -0.15) is 5.26 Å². The van der Waals surface area contributed by atoms with Gasteiger partial charge in [-0.25, -0.2) is 0 Å². The third-order valence-corrected chi connectivity index (χ3v) is 3.07. The molecule has 1 aromatic rings. The zero-order valence-corrected chi connectivity index (χ0v) is 12.3. The Morgan fingerprint density at radius 3 is 2.87 bits per heavy atom. The summed E-state index contributed by atoms with van der Waals surface area (Å²) in [6, 6.07) is 6.04. The van der Waals surface area contributed by atoms with E-state index in [1.165, 1.54) is 13.1 Å². The van der Waals surface area contributed by atoms with Gasteiger partial charge in [0.1, 0.15) is 17.7 Å². The molecule has 0 bridgehead atoms. The number of nitriles is 1. The van der Waals surface area contributed by atoms with Gasteiger partial charge in [0.15, 0.2) is 11.5 Å². The van der Waals surface area contributed by atoms with E-state index in [0.717, 1.165) is 5.56 Å². The Bertz CT molecular complexity index is 693. The van der Waals surface area contributed by atoms with Crippen LogP contribution >= 0.6 is 0 Å². The van der Waals surface area contributed by atoms with E-state index in [1.54, 1.807) is 18.2 Å². The van der Waals surface area contributed by atoms with E-state index in [0.29, 0.717) is 18.0 Å². The van der Waals surface area contributed by atoms with Gasteiger partial charge in [0.2, 0.25) is 6.79 Å². The maximum Gasteiger partial charge on any atom is 0.325 e. The van der Waals surface area contributed by atoms with Crippen LogP contribution in [-0.4, -0.2) is 29.8 Å². The summed E-state index contributed by atoms with van der Waals surface area (Å²) >= 11 is 0. The first kappa shape index (κ1) is 16.2. The molecule has 0 radical (unpaired) electrons. The summed E-state index contributed by atoms with van der Waals surface area (Å²) in [5.41, 5.74) is 0.668. The van der Waals surface area contributed by atoms with Gasteiger partial charge >= 0.3 is 5.97 Å². The van der Waals surface area contributed by atoms with E-state index in [-0.39, 0.29) is 12.4 Å². The Labute approximate surface area is 132 Å². The molecular formula is C15H15N3O5. The van der Waals surface area contributed by atoms with Crippen molar-refractivity contribution in [2.24, 2.45) is 0 Å². The SMILES string of the molecule is CC(NC(=O)/C(C#N)=C\NCc1ccc2c(c1)OCO2)C(=O)O.